The fourth-order valence-electron chi connectivity index (χ4n) is 2.86. The van der Waals surface area contributed by atoms with Crippen molar-refractivity contribution in [1.29, 1.82) is 0 Å². The molecule has 0 unspecified atom stereocenters. The van der Waals surface area contributed by atoms with E-state index < -0.39 is 11.5 Å². The van der Waals surface area contributed by atoms with Crippen LogP contribution in [0.25, 0.3) is 22.0 Å². The zero-order chi connectivity index (χ0) is 17.9. The first-order valence-electron chi connectivity index (χ1n) is 8.15. The number of fused-ring (bicyclic) bond motifs is 1. The third-order valence-electron chi connectivity index (χ3n) is 4.17. The largest absolute Gasteiger partial charge is 0.321 e. The summed E-state index contributed by atoms with van der Waals surface area (Å²) in [6, 6.07) is 20.1. The highest BCUT2D eigenvalue weighted by Crippen LogP contribution is 2.22. The van der Waals surface area contributed by atoms with Crippen molar-refractivity contribution in [3.05, 3.63) is 95.0 Å². The van der Waals surface area contributed by atoms with E-state index in [2.05, 4.69) is 15.3 Å². The topological polar surface area (TPSA) is 74.8 Å². The summed E-state index contributed by atoms with van der Waals surface area (Å²) in [5, 5.41) is 4.60. The van der Waals surface area contributed by atoms with Crippen molar-refractivity contribution in [2.24, 2.45) is 0 Å². The van der Waals surface area contributed by atoms with Crippen molar-refractivity contribution < 1.29 is 4.79 Å². The molecule has 2 N–H and O–H groups in total. The first-order valence-corrected chi connectivity index (χ1v) is 8.15. The summed E-state index contributed by atoms with van der Waals surface area (Å²) in [7, 11) is 0. The minimum Gasteiger partial charge on any atom is -0.321 e. The zero-order valence-corrected chi connectivity index (χ0v) is 13.8. The molecule has 4 aromatic rings. The lowest BCUT2D eigenvalue weighted by Gasteiger charge is -2.09. The maximum absolute atomic E-state index is 12.6. The molecule has 5 heteroatoms. The molecule has 26 heavy (non-hydrogen) atoms. The number of carbonyl (C=O) groups is 1. The number of aromatic nitrogens is 2. The number of aromatic amines is 1. The predicted molar refractivity (Wildman–Crippen MR) is 102 cm³/mol. The molecule has 0 saturated heterocycles. The Labute approximate surface area is 149 Å². The van der Waals surface area contributed by atoms with Gasteiger partial charge in [0, 0.05) is 34.5 Å². The molecule has 4 rings (SSSR count). The zero-order valence-electron chi connectivity index (χ0n) is 13.8. The highest BCUT2D eigenvalue weighted by atomic mass is 16.2. The lowest BCUT2D eigenvalue weighted by molar-refractivity contribution is 0.102. The summed E-state index contributed by atoms with van der Waals surface area (Å²) in [4.78, 5) is 31.8. The average Bonchev–Trinajstić information content (AvgIpc) is 2.69. The van der Waals surface area contributed by atoms with Gasteiger partial charge in [-0.2, -0.15) is 0 Å². The van der Waals surface area contributed by atoms with Crippen LogP contribution < -0.4 is 10.9 Å². The van der Waals surface area contributed by atoms with Crippen molar-refractivity contribution in [1.82, 2.24) is 9.97 Å². The monoisotopic (exact) mass is 341 g/mol. The van der Waals surface area contributed by atoms with Gasteiger partial charge in [0.1, 0.15) is 5.56 Å². The number of anilines is 1. The second-order valence-electron chi connectivity index (χ2n) is 5.84. The van der Waals surface area contributed by atoms with Crippen molar-refractivity contribution in [3.63, 3.8) is 0 Å². The molecule has 0 spiro atoms. The van der Waals surface area contributed by atoms with Crippen molar-refractivity contribution >= 4 is 22.4 Å². The van der Waals surface area contributed by atoms with E-state index in [0.29, 0.717) is 11.4 Å². The van der Waals surface area contributed by atoms with Crippen LogP contribution in [0.1, 0.15) is 10.4 Å². The molecule has 2 heterocycles. The summed E-state index contributed by atoms with van der Waals surface area (Å²) in [5.74, 6) is -0.449. The Kier molecular flexibility index (Phi) is 4.03. The highest BCUT2D eigenvalue weighted by molar-refractivity contribution is 6.08. The third kappa shape index (κ3) is 2.98. The van der Waals surface area contributed by atoms with Crippen molar-refractivity contribution in [3.8, 4) is 11.3 Å². The van der Waals surface area contributed by atoms with Crippen LogP contribution in [-0.4, -0.2) is 15.9 Å². The molecule has 0 radical (unpaired) electrons. The number of hydrogen-bond acceptors (Lipinski definition) is 3. The van der Waals surface area contributed by atoms with E-state index >= 15 is 0 Å². The van der Waals surface area contributed by atoms with E-state index in [1.807, 2.05) is 48.5 Å². The van der Waals surface area contributed by atoms with Gasteiger partial charge in [-0.25, -0.2) is 0 Å². The van der Waals surface area contributed by atoms with Crippen LogP contribution in [0.15, 0.2) is 83.9 Å². The van der Waals surface area contributed by atoms with Gasteiger partial charge in [-0.05, 0) is 29.8 Å². The molecule has 0 aliphatic heterocycles. The Hall–Kier alpha value is -3.73. The summed E-state index contributed by atoms with van der Waals surface area (Å²) in [6.45, 7) is 0. The molecular weight excluding hydrogens is 326 g/mol. The number of H-pyrrole nitrogens is 1. The maximum Gasteiger partial charge on any atom is 0.261 e. The summed E-state index contributed by atoms with van der Waals surface area (Å²) < 4.78 is 0. The van der Waals surface area contributed by atoms with E-state index in [4.69, 9.17) is 0 Å². The molecule has 0 aliphatic rings. The van der Waals surface area contributed by atoms with E-state index in [9.17, 15) is 9.59 Å². The Bertz CT molecular complexity index is 1150. The molecule has 1 amide bonds. The van der Waals surface area contributed by atoms with Crippen LogP contribution in [0.5, 0.6) is 0 Å². The quantitative estimate of drug-likeness (QED) is 0.594. The summed E-state index contributed by atoms with van der Waals surface area (Å²) in [5.41, 5.74) is 1.84. The van der Waals surface area contributed by atoms with Gasteiger partial charge in [-0.15, -0.1) is 0 Å². The van der Waals surface area contributed by atoms with E-state index in [1.165, 1.54) is 0 Å². The number of pyridine rings is 2. The predicted octanol–water partition coefficient (Wildman–Crippen LogP) is 3.84. The van der Waals surface area contributed by atoms with Gasteiger partial charge < -0.3 is 10.3 Å². The number of carbonyl (C=O) groups excluding carboxylic acids is 1. The standard InChI is InChI=1S/C21H15N3O2/c25-20-17(9-10-18(23-20)14-5-2-1-3-6-14)21(26)24-19-8-4-7-15-13-22-12-11-16(15)19/h1-13H,(H,23,25)(H,24,26). The molecule has 0 fully saturated rings. The molecule has 0 saturated carbocycles. The highest BCUT2D eigenvalue weighted by Gasteiger charge is 2.13. The molecule has 0 aliphatic carbocycles. The van der Waals surface area contributed by atoms with Crippen molar-refractivity contribution in [2.75, 3.05) is 5.32 Å². The van der Waals surface area contributed by atoms with Gasteiger partial charge in [0.15, 0.2) is 0 Å². The number of nitrogens with one attached hydrogen (secondary N) is 2. The summed E-state index contributed by atoms with van der Waals surface area (Å²) >= 11 is 0. The Balaban J connectivity index is 1.65. The first kappa shape index (κ1) is 15.8. The Morgan fingerprint density at radius 3 is 2.58 bits per heavy atom. The van der Waals surface area contributed by atoms with Crippen LogP contribution in [-0.2, 0) is 0 Å². The second kappa shape index (κ2) is 6.64. The lowest BCUT2D eigenvalue weighted by atomic mass is 10.1. The molecule has 2 aromatic carbocycles. The van der Waals surface area contributed by atoms with Gasteiger partial charge in [0.25, 0.3) is 11.5 Å². The normalized spacial score (nSPS) is 10.6. The van der Waals surface area contributed by atoms with Crippen LogP contribution in [0.2, 0.25) is 0 Å². The molecule has 0 bridgehead atoms. The first-order chi connectivity index (χ1) is 12.7. The number of nitrogens with zero attached hydrogens (tertiary/aromatic N) is 1. The van der Waals surface area contributed by atoms with Gasteiger partial charge >= 0.3 is 0 Å². The second-order valence-corrected chi connectivity index (χ2v) is 5.84. The molecular formula is C21H15N3O2. The SMILES string of the molecule is O=C(Nc1cccc2cnccc12)c1ccc(-c2ccccc2)[nH]c1=O. The van der Waals surface area contributed by atoms with Gasteiger partial charge in [-0.3, -0.25) is 14.6 Å². The van der Waals surface area contributed by atoms with E-state index in [-0.39, 0.29) is 5.56 Å². The van der Waals surface area contributed by atoms with Gasteiger partial charge in [0.2, 0.25) is 0 Å². The summed E-state index contributed by atoms with van der Waals surface area (Å²) in [6.07, 6.45) is 3.39. The van der Waals surface area contributed by atoms with Crippen LogP contribution in [0.3, 0.4) is 0 Å². The van der Waals surface area contributed by atoms with Crippen LogP contribution in [0, 0.1) is 0 Å². The minimum absolute atomic E-state index is 0.0655. The molecule has 126 valence electrons. The Morgan fingerprint density at radius 2 is 1.77 bits per heavy atom. The number of hydrogen-bond donors (Lipinski definition) is 2. The minimum atomic E-state index is -0.449. The fourth-order valence-corrected chi connectivity index (χ4v) is 2.86. The number of benzene rings is 2. The van der Waals surface area contributed by atoms with Crippen LogP contribution in [0.4, 0.5) is 5.69 Å². The smallest absolute Gasteiger partial charge is 0.261 e. The molecule has 0 atom stereocenters. The van der Waals surface area contributed by atoms with Crippen molar-refractivity contribution in [2.45, 2.75) is 0 Å². The maximum atomic E-state index is 12.6. The third-order valence-corrected chi connectivity index (χ3v) is 4.17. The average molecular weight is 341 g/mol. The fraction of sp³-hybridized carbons (Fsp3) is 0. The number of rotatable bonds is 3. The Morgan fingerprint density at radius 1 is 0.923 bits per heavy atom. The van der Waals surface area contributed by atoms with Gasteiger partial charge in [0.05, 0.1) is 0 Å². The lowest BCUT2D eigenvalue weighted by Crippen LogP contribution is -2.23. The molecule has 2 aromatic heterocycles. The van der Waals surface area contributed by atoms with E-state index in [0.717, 1.165) is 16.3 Å². The molecule has 5 nitrogen and oxygen atoms in total. The van der Waals surface area contributed by atoms with Gasteiger partial charge in [-0.1, -0.05) is 42.5 Å². The van der Waals surface area contributed by atoms with E-state index in [1.54, 1.807) is 30.6 Å². The van der Waals surface area contributed by atoms with Crippen LogP contribution >= 0.6 is 0 Å². The number of amides is 1.